The minimum absolute atomic E-state index is 0.136. The van der Waals surface area contributed by atoms with Crippen molar-refractivity contribution in [3.63, 3.8) is 0 Å². The Kier molecular flexibility index (Phi) is 5.57. The van der Waals surface area contributed by atoms with E-state index in [9.17, 15) is 14.3 Å². The summed E-state index contributed by atoms with van der Waals surface area (Å²) in [7, 11) is 0. The quantitative estimate of drug-likeness (QED) is 0.807. The molecule has 0 fully saturated rings. The van der Waals surface area contributed by atoms with Crippen molar-refractivity contribution in [2.24, 2.45) is 0 Å². The zero-order chi connectivity index (χ0) is 17.7. The van der Waals surface area contributed by atoms with Crippen LogP contribution in [0.4, 0.5) is 4.39 Å². The van der Waals surface area contributed by atoms with Gasteiger partial charge in [0.05, 0.1) is 18.1 Å². The Hall–Kier alpha value is -2.40. The maximum absolute atomic E-state index is 12.9. The summed E-state index contributed by atoms with van der Waals surface area (Å²) in [5, 5.41) is 10.5. The van der Waals surface area contributed by atoms with Crippen molar-refractivity contribution in [1.29, 1.82) is 0 Å². The van der Waals surface area contributed by atoms with Crippen LogP contribution in [0.15, 0.2) is 48.5 Å². The van der Waals surface area contributed by atoms with E-state index in [1.807, 2.05) is 0 Å². The third-order valence-electron chi connectivity index (χ3n) is 3.38. The van der Waals surface area contributed by atoms with Gasteiger partial charge in [-0.15, -0.1) is 0 Å². The molecule has 1 N–H and O–H groups in total. The van der Waals surface area contributed by atoms with Crippen molar-refractivity contribution in [3.8, 4) is 11.5 Å². The second-order valence-electron chi connectivity index (χ2n) is 6.07. The molecule has 0 heterocycles. The molecular weight excluding hydrogens is 311 g/mol. The zero-order valence-electron chi connectivity index (χ0n) is 14.0. The molecule has 2 aromatic carbocycles. The van der Waals surface area contributed by atoms with Crippen molar-refractivity contribution < 1.29 is 23.8 Å². The van der Waals surface area contributed by atoms with Gasteiger partial charge in [-0.05, 0) is 62.7 Å². The smallest absolute Gasteiger partial charge is 0.309 e. The van der Waals surface area contributed by atoms with Crippen molar-refractivity contribution in [1.82, 2.24) is 0 Å². The van der Waals surface area contributed by atoms with Gasteiger partial charge < -0.3 is 14.6 Å². The molecule has 0 spiro atoms. The van der Waals surface area contributed by atoms with Gasteiger partial charge in [0.25, 0.3) is 0 Å². The first-order chi connectivity index (χ1) is 11.3. The Labute approximate surface area is 140 Å². The molecule has 0 aliphatic heterocycles. The minimum Gasteiger partial charge on any atom is -0.463 e. The summed E-state index contributed by atoms with van der Waals surface area (Å²) in [4.78, 5) is 11.7. The van der Waals surface area contributed by atoms with Crippen LogP contribution in [0, 0.1) is 5.82 Å². The van der Waals surface area contributed by atoms with Gasteiger partial charge in [-0.1, -0.05) is 12.1 Å². The molecule has 0 amide bonds. The van der Waals surface area contributed by atoms with E-state index in [1.54, 1.807) is 45.0 Å². The van der Waals surface area contributed by atoms with E-state index in [0.29, 0.717) is 17.1 Å². The molecule has 0 radical (unpaired) electrons. The van der Waals surface area contributed by atoms with Gasteiger partial charge in [-0.2, -0.15) is 0 Å². The number of aliphatic hydroxyl groups is 1. The van der Waals surface area contributed by atoms with Crippen LogP contribution in [-0.4, -0.2) is 17.2 Å². The molecule has 0 bridgehead atoms. The number of rotatable bonds is 6. The molecule has 2 aromatic rings. The molecule has 1 atom stereocenters. The summed E-state index contributed by atoms with van der Waals surface area (Å²) < 4.78 is 23.5. The normalized spacial score (nSPS) is 13.4. The van der Waals surface area contributed by atoms with E-state index in [1.165, 1.54) is 24.3 Å². The van der Waals surface area contributed by atoms with Gasteiger partial charge in [0.15, 0.2) is 0 Å². The number of hydrogen-bond donors (Lipinski definition) is 1. The Bertz CT molecular complexity index is 676. The number of esters is 1. The molecular formula is C19H21FO4. The van der Waals surface area contributed by atoms with E-state index in [2.05, 4.69) is 0 Å². The highest BCUT2D eigenvalue weighted by Gasteiger charge is 2.28. The first-order valence-corrected chi connectivity index (χ1v) is 7.72. The lowest BCUT2D eigenvalue weighted by Crippen LogP contribution is -2.27. The summed E-state index contributed by atoms with van der Waals surface area (Å²) >= 11 is 0. The van der Waals surface area contributed by atoms with Crippen LogP contribution in [0.2, 0.25) is 0 Å². The second kappa shape index (κ2) is 7.45. The molecule has 4 nitrogen and oxygen atoms in total. The molecule has 0 aromatic heterocycles. The number of carbonyl (C=O) groups is 1. The van der Waals surface area contributed by atoms with Gasteiger partial charge in [0.2, 0.25) is 0 Å². The molecule has 0 aliphatic rings. The summed E-state index contributed by atoms with van der Waals surface area (Å²) in [5.41, 5.74) is -0.755. The Morgan fingerprint density at radius 2 is 1.58 bits per heavy atom. The number of carbonyl (C=O) groups excluding carboxylic acids is 1. The standard InChI is InChI=1S/C19H21FO4/c1-13(2)23-18(21)12-19(3,22)14-4-8-16(9-5-14)24-17-10-6-15(20)7-11-17/h4-11,13,22H,12H2,1-3H3. The predicted molar refractivity (Wildman–Crippen MR) is 88.3 cm³/mol. The molecule has 24 heavy (non-hydrogen) atoms. The summed E-state index contributed by atoms with van der Waals surface area (Å²) in [5.74, 6) is 0.269. The second-order valence-corrected chi connectivity index (χ2v) is 6.07. The maximum Gasteiger partial charge on any atom is 0.309 e. The average molecular weight is 332 g/mol. The van der Waals surface area contributed by atoms with E-state index in [0.717, 1.165) is 0 Å². The predicted octanol–water partition coefficient (Wildman–Crippen LogP) is 4.17. The van der Waals surface area contributed by atoms with E-state index in [-0.39, 0.29) is 18.3 Å². The first-order valence-electron chi connectivity index (χ1n) is 7.72. The lowest BCUT2D eigenvalue weighted by Gasteiger charge is -2.23. The molecule has 0 aliphatic carbocycles. The molecule has 128 valence electrons. The van der Waals surface area contributed by atoms with Crippen LogP contribution in [0.25, 0.3) is 0 Å². The van der Waals surface area contributed by atoms with Crippen LogP contribution in [0.3, 0.4) is 0 Å². The van der Waals surface area contributed by atoms with Crippen molar-refractivity contribution in [2.75, 3.05) is 0 Å². The summed E-state index contributed by atoms with van der Waals surface area (Å²) in [6.45, 7) is 5.08. The monoisotopic (exact) mass is 332 g/mol. The van der Waals surface area contributed by atoms with Crippen molar-refractivity contribution in [2.45, 2.75) is 38.9 Å². The van der Waals surface area contributed by atoms with Crippen LogP contribution in [-0.2, 0) is 15.1 Å². The van der Waals surface area contributed by atoms with E-state index < -0.39 is 11.6 Å². The van der Waals surface area contributed by atoms with Crippen molar-refractivity contribution in [3.05, 3.63) is 59.9 Å². The van der Waals surface area contributed by atoms with E-state index >= 15 is 0 Å². The van der Waals surface area contributed by atoms with Crippen LogP contribution in [0.5, 0.6) is 11.5 Å². The van der Waals surface area contributed by atoms with E-state index in [4.69, 9.17) is 9.47 Å². The number of benzene rings is 2. The van der Waals surface area contributed by atoms with Gasteiger partial charge in [-0.3, -0.25) is 4.79 Å². The fourth-order valence-electron chi connectivity index (χ4n) is 2.21. The third-order valence-corrected chi connectivity index (χ3v) is 3.38. The molecule has 0 saturated carbocycles. The molecule has 1 unspecified atom stereocenters. The number of ether oxygens (including phenoxy) is 2. The van der Waals surface area contributed by atoms with Gasteiger partial charge in [-0.25, -0.2) is 4.39 Å². The van der Waals surface area contributed by atoms with Crippen molar-refractivity contribution >= 4 is 5.97 Å². The Morgan fingerprint density at radius 3 is 2.08 bits per heavy atom. The zero-order valence-corrected chi connectivity index (χ0v) is 14.0. The third kappa shape index (κ3) is 5.06. The number of hydrogen-bond acceptors (Lipinski definition) is 4. The Balaban J connectivity index is 2.04. The molecule has 5 heteroatoms. The summed E-state index contributed by atoms with van der Waals surface area (Å²) in [6, 6.07) is 12.4. The minimum atomic E-state index is -1.33. The first kappa shape index (κ1) is 17.9. The Morgan fingerprint density at radius 1 is 1.08 bits per heavy atom. The maximum atomic E-state index is 12.9. The van der Waals surface area contributed by atoms with Gasteiger partial charge in [0.1, 0.15) is 17.3 Å². The largest absolute Gasteiger partial charge is 0.463 e. The fourth-order valence-corrected chi connectivity index (χ4v) is 2.21. The topological polar surface area (TPSA) is 55.8 Å². The molecule has 2 rings (SSSR count). The molecule has 0 saturated heterocycles. The highest BCUT2D eigenvalue weighted by Crippen LogP contribution is 2.28. The number of halogens is 1. The van der Waals surface area contributed by atoms with Crippen LogP contribution in [0.1, 0.15) is 32.8 Å². The summed E-state index contributed by atoms with van der Waals surface area (Å²) in [6.07, 6.45) is -0.358. The van der Waals surface area contributed by atoms with Crippen LogP contribution < -0.4 is 4.74 Å². The lowest BCUT2D eigenvalue weighted by molar-refractivity contribution is -0.152. The van der Waals surface area contributed by atoms with Gasteiger partial charge in [0, 0.05) is 0 Å². The fraction of sp³-hybridized carbons (Fsp3) is 0.316. The van der Waals surface area contributed by atoms with Gasteiger partial charge >= 0.3 is 5.97 Å². The highest BCUT2D eigenvalue weighted by atomic mass is 19.1. The SMILES string of the molecule is CC(C)OC(=O)CC(C)(O)c1ccc(Oc2ccc(F)cc2)cc1. The lowest BCUT2D eigenvalue weighted by atomic mass is 9.92. The van der Waals surface area contributed by atoms with Crippen LogP contribution >= 0.6 is 0 Å². The highest BCUT2D eigenvalue weighted by molar-refractivity contribution is 5.71. The average Bonchev–Trinajstić information content (AvgIpc) is 2.48.